The third-order valence-corrected chi connectivity index (χ3v) is 4.05. The van der Waals surface area contributed by atoms with Gasteiger partial charge in [0.2, 0.25) is 0 Å². The Bertz CT molecular complexity index is 650. The number of halogens is 2. The molecule has 0 aromatic carbocycles. The fourth-order valence-electron chi connectivity index (χ4n) is 2.62. The van der Waals surface area contributed by atoms with Crippen LogP contribution < -0.4 is 0 Å². The Morgan fingerprint density at radius 3 is 2.75 bits per heavy atom. The maximum absolute atomic E-state index is 14.0. The first-order chi connectivity index (χ1) is 9.69. The maximum atomic E-state index is 14.0. The van der Waals surface area contributed by atoms with Gasteiger partial charge in [0.05, 0.1) is 11.6 Å². The molecule has 0 unspecified atom stereocenters. The average molecular weight is 338 g/mol. The molecule has 0 saturated heterocycles. The Morgan fingerprint density at radius 2 is 2.10 bits per heavy atom. The molecule has 0 radical (unpaired) electrons. The summed E-state index contributed by atoms with van der Waals surface area (Å²) in [5.41, 5.74) is 0.814. The lowest BCUT2D eigenvalue weighted by molar-refractivity contribution is 0.112. The number of aldehydes is 1. The third-order valence-electron chi connectivity index (χ3n) is 3.62. The van der Waals surface area contributed by atoms with E-state index in [0.717, 1.165) is 12.8 Å². The Hall–Kier alpha value is -1.56. The SMILES string of the molecule is O=Cc1cn(C2CCCC2)nc1-c1ncc(Br)cc1F. The van der Waals surface area contributed by atoms with Crippen LogP contribution in [0.15, 0.2) is 22.9 Å². The molecule has 20 heavy (non-hydrogen) atoms. The number of nitrogens with zero attached hydrogens (tertiary/aromatic N) is 3. The Morgan fingerprint density at radius 1 is 1.35 bits per heavy atom. The molecule has 1 aliphatic rings. The highest BCUT2D eigenvalue weighted by atomic mass is 79.9. The Labute approximate surface area is 124 Å². The Kier molecular flexibility index (Phi) is 3.65. The van der Waals surface area contributed by atoms with Crippen LogP contribution in [-0.4, -0.2) is 21.1 Å². The van der Waals surface area contributed by atoms with E-state index >= 15 is 0 Å². The second-order valence-corrected chi connectivity index (χ2v) is 5.87. The Balaban J connectivity index is 2.05. The first kappa shape index (κ1) is 13.4. The topological polar surface area (TPSA) is 47.8 Å². The lowest BCUT2D eigenvalue weighted by Gasteiger charge is -2.08. The number of rotatable bonds is 3. The molecule has 1 saturated carbocycles. The highest BCUT2D eigenvalue weighted by Gasteiger charge is 2.22. The second-order valence-electron chi connectivity index (χ2n) is 4.95. The lowest BCUT2D eigenvalue weighted by Crippen LogP contribution is -2.05. The second kappa shape index (κ2) is 5.44. The normalized spacial score (nSPS) is 15.7. The van der Waals surface area contributed by atoms with Crippen molar-refractivity contribution in [2.24, 2.45) is 0 Å². The summed E-state index contributed by atoms with van der Waals surface area (Å²) in [4.78, 5) is 15.2. The minimum Gasteiger partial charge on any atom is -0.298 e. The maximum Gasteiger partial charge on any atom is 0.153 e. The fraction of sp³-hybridized carbons (Fsp3) is 0.357. The minimum atomic E-state index is -0.487. The van der Waals surface area contributed by atoms with Gasteiger partial charge >= 0.3 is 0 Å². The smallest absolute Gasteiger partial charge is 0.153 e. The summed E-state index contributed by atoms with van der Waals surface area (Å²) in [5, 5.41) is 4.39. The van der Waals surface area contributed by atoms with Crippen molar-refractivity contribution in [3.8, 4) is 11.4 Å². The van der Waals surface area contributed by atoms with Crippen molar-refractivity contribution in [1.29, 1.82) is 0 Å². The summed E-state index contributed by atoms with van der Waals surface area (Å²) >= 11 is 3.17. The summed E-state index contributed by atoms with van der Waals surface area (Å²) in [6.07, 6.45) is 8.34. The molecule has 0 amide bonds. The van der Waals surface area contributed by atoms with Gasteiger partial charge in [0.1, 0.15) is 11.4 Å². The van der Waals surface area contributed by atoms with Gasteiger partial charge in [-0.3, -0.25) is 14.5 Å². The summed E-state index contributed by atoms with van der Waals surface area (Å²) in [7, 11) is 0. The lowest BCUT2D eigenvalue weighted by atomic mass is 10.2. The van der Waals surface area contributed by atoms with E-state index in [1.54, 1.807) is 10.9 Å². The van der Waals surface area contributed by atoms with Gasteiger partial charge in [-0.05, 0) is 34.8 Å². The molecule has 104 valence electrons. The molecule has 0 aliphatic heterocycles. The summed E-state index contributed by atoms with van der Waals surface area (Å²) < 4.78 is 16.3. The van der Waals surface area contributed by atoms with E-state index < -0.39 is 5.82 Å². The van der Waals surface area contributed by atoms with Gasteiger partial charge in [0.25, 0.3) is 0 Å². The first-order valence-corrected chi connectivity index (χ1v) is 7.34. The molecule has 6 heteroatoms. The number of aromatic nitrogens is 3. The van der Waals surface area contributed by atoms with Gasteiger partial charge in [-0.25, -0.2) is 4.39 Å². The molecule has 2 heterocycles. The van der Waals surface area contributed by atoms with E-state index in [-0.39, 0.29) is 5.69 Å². The van der Waals surface area contributed by atoms with Crippen LogP contribution in [0.3, 0.4) is 0 Å². The highest BCUT2D eigenvalue weighted by Crippen LogP contribution is 2.31. The van der Waals surface area contributed by atoms with Gasteiger partial charge in [-0.1, -0.05) is 12.8 Å². The molecular weight excluding hydrogens is 325 g/mol. The van der Waals surface area contributed by atoms with Crippen molar-refractivity contribution >= 4 is 22.2 Å². The molecule has 1 fully saturated rings. The number of carbonyl (C=O) groups is 1. The zero-order valence-corrected chi connectivity index (χ0v) is 12.3. The molecule has 0 spiro atoms. The van der Waals surface area contributed by atoms with E-state index in [4.69, 9.17) is 0 Å². The van der Waals surface area contributed by atoms with Gasteiger partial charge in [0, 0.05) is 16.9 Å². The van der Waals surface area contributed by atoms with Crippen molar-refractivity contribution in [2.45, 2.75) is 31.7 Å². The zero-order chi connectivity index (χ0) is 14.1. The van der Waals surface area contributed by atoms with E-state index in [0.29, 0.717) is 28.1 Å². The van der Waals surface area contributed by atoms with Crippen molar-refractivity contribution < 1.29 is 9.18 Å². The van der Waals surface area contributed by atoms with E-state index in [9.17, 15) is 9.18 Å². The number of hydrogen-bond donors (Lipinski definition) is 0. The van der Waals surface area contributed by atoms with Crippen LogP contribution in [0.1, 0.15) is 42.1 Å². The third kappa shape index (κ3) is 2.40. The van der Waals surface area contributed by atoms with Gasteiger partial charge in [-0.15, -0.1) is 0 Å². The highest BCUT2D eigenvalue weighted by molar-refractivity contribution is 9.10. The van der Waals surface area contributed by atoms with Crippen LogP contribution in [-0.2, 0) is 0 Å². The number of carbonyl (C=O) groups excluding carboxylic acids is 1. The fourth-order valence-corrected chi connectivity index (χ4v) is 2.92. The molecule has 3 rings (SSSR count). The molecule has 2 aromatic rings. The zero-order valence-electron chi connectivity index (χ0n) is 10.7. The van der Waals surface area contributed by atoms with Crippen molar-refractivity contribution in [1.82, 2.24) is 14.8 Å². The summed E-state index contributed by atoms with van der Waals surface area (Å²) in [6, 6.07) is 1.63. The largest absolute Gasteiger partial charge is 0.298 e. The number of hydrogen-bond acceptors (Lipinski definition) is 3. The van der Waals surface area contributed by atoms with Crippen molar-refractivity contribution in [2.75, 3.05) is 0 Å². The van der Waals surface area contributed by atoms with Gasteiger partial charge < -0.3 is 0 Å². The summed E-state index contributed by atoms with van der Waals surface area (Å²) in [5.74, 6) is -0.487. The molecule has 0 atom stereocenters. The van der Waals surface area contributed by atoms with Crippen molar-refractivity contribution in [3.05, 3.63) is 34.3 Å². The molecular formula is C14H13BrFN3O. The van der Waals surface area contributed by atoms with Crippen LogP contribution in [0.2, 0.25) is 0 Å². The van der Waals surface area contributed by atoms with Crippen molar-refractivity contribution in [3.63, 3.8) is 0 Å². The predicted octanol–water partition coefficient (Wildman–Crippen LogP) is 3.77. The van der Waals surface area contributed by atoms with Crippen LogP contribution in [0.5, 0.6) is 0 Å². The molecule has 0 bridgehead atoms. The average Bonchev–Trinajstić information content (AvgIpc) is 3.07. The van der Waals surface area contributed by atoms with E-state index in [1.807, 2.05) is 0 Å². The van der Waals surface area contributed by atoms with Crippen LogP contribution in [0.25, 0.3) is 11.4 Å². The van der Waals surface area contributed by atoms with Gasteiger partial charge in [-0.2, -0.15) is 5.10 Å². The monoisotopic (exact) mass is 337 g/mol. The molecule has 4 nitrogen and oxygen atoms in total. The van der Waals surface area contributed by atoms with Crippen LogP contribution >= 0.6 is 15.9 Å². The number of pyridine rings is 1. The summed E-state index contributed by atoms with van der Waals surface area (Å²) in [6.45, 7) is 0. The first-order valence-electron chi connectivity index (χ1n) is 6.55. The minimum absolute atomic E-state index is 0.118. The molecule has 1 aliphatic carbocycles. The molecule has 0 N–H and O–H groups in total. The molecule has 2 aromatic heterocycles. The van der Waals surface area contributed by atoms with E-state index in [1.165, 1.54) is 25.1 Å². The van der Waals surface area contributed by atoms with Crippen LogP contribution in [0.4, 0.5) is 4.39 Å². The van der Waals surface area contributed by atoms with Gasteiger partial charge in [0.15, 0.2) is 12.1 Å². The quantitative estimate of drug-likeness (QED) is 0.801. The standard InChI is InChI=1S/C14H13BrFN3O/c15-10-5-12(16)14(17-6-10)13-9(8-20)7-19(18-13)11-3-1-2-4-11/h5-8,11H,1-4H2. The van der Waals surface area contributed by atoms with E-state index in [2.05, 4.69) is 26.0 Å². The predicted molar refractivity (Wildman–Crippen MR) is 76.0 cm³/mol. The van der Waals surface area contributed by atoms with Crippen LogP contribution in [0, 0.1) is 5.82 Å².